The fourth-order valence-electron chi connectivity index (χ4n) is 2.39. The molecule has 0 saturated heterocycles. The molecule has 0 spiro atoms. The molecule has 0 bridgehead atoms. The summed E-state index contributed by atoms with van der Waals surface area (Å²) in [4.78, 5) is 8.84. The number of halogens is 1. The number of pyridine rings is 1. The van der Waals surface area contributed by atoms with Crippen LogP contribution < -0.4 is 10.5 Å². The summed E-state index contributed by atoms with van der Waals surface area (Å²) in [6, 6.07) is 11.8. The van der Waals surface area contributed by atoms with E-state index in [2.05, 4.69) is 45.0 Å². The number of imidazole rings is 1. The Morgan fingerprint density at radius 3 is 2.76 bits per heavy atom. The minimum atomic E-state index is 0.0205. The van der Waals surface area contributed by atoms with Gasteiger partial charge in [0.15, 0.2) is 5.65 Å². The number of benzene rings is 1. The van der Waals surface area contributed by atoms with Gasteiger partial charge in [-0.05, 0) is 30.7 Å². The maximum Gasteiger partial charge on any atom is 0.215 e. The number of nitrogens with zero attached hydrogens (tertiary/aromatic N) is 3. The SMILES string of the molecule is COc1ccc2nc(N)n(C(C)c3cccc(Br)c3)c2n1. The number of ether oxygens (including phenoxy) is 1. The molecule has 1 unspecified atom stereocenters. The highest BCUT2D eigenvalue weighted by Gasteiger charge is 2.17. The lowest BCUT2D eigenvalue weighted by atomic mass is 10.1. The zero-order chi connectivity index (χ0) is 15.0. The summed E-state index contributed by atoms with van der Waals surface area (Å²) in [7, 11) is 1.59. The molecule has 5 nitrogen and oxygen atoms in total. The average molecular weight is 347 g/mol. The minimum Gasteiger partial charge on any atom is -0.481 e. The van der Waals surface area contributed by atoms with Crippen molar-refractivity contribution in [2.75, 3.05) is 12.8 Å². The van der Waals surface area contributed by atoms with Gasteiger partial charge in [0, 0.05) is 10.5 Å². The molecule has 0 aliphatic carbocycles. The number of rotatable bonds is 3. The van der Waals surface area contributed by atoms with Gasteiger partial charge in [-0.15, -0.1) is 0 Å². The maximum absolute atomic E-state index is 6.08. The molecule has 1 aromatic carbocycles. The first kappa shape index (κ1) is 13.9. The highest BCUT2D eigenvalue weighted by atomic mass is 79.9. The van der Waals surface area contributed by atoms with Gasteiger partial charge in [0.25, 0.3) is 0 Å². The van der Waals surface area contributed by atoms with Gasteiger partial charge in [-0.2, -0.15) is 4.98 Å². The van der Waals surface area contributed by atoms with Crippen molar-refractivity contribution in [3.63, 3.8) is 0 Å². The van der Waals surface area contributed by atoms with E-state index < -0.39 is 0 Å². The molecule has 2 aromatic heterocycles. The molecule has 0 fully saturated rings. The molecule has 0 aliphatic heterocycles. The number of fused-ring (bicyclic) bond motifs is 1. The Morgan fingerprint density at radius 2 is 2.05 bits per heavy atom. The van der Waals surface area contributed by atoms with Gasteiger partial charge in [0.1, 0.15) is 5.52 Å². The molecular formula is C15H15BrN4O. The third-order valence-electron chi connectivity index (χ3n) is 3.47. The zero-order valence-corrected chi connectivity index (χ0v) is 13.3. The number of methoxy groups -OCH3 is 1. The second kappa shape index (κ2) is 5.37. The van der Waals surface area contributed by atoms with Crippen LogP contribution in [0.2, 0.25) is 0 Å². The van der Waals surface area contributed by atoms with Gasteiger partial charge in [-0.25, -0.2) is 4.98 Å². The van der Waals surface area contributed by atoms with E-state index in [0.717, 1.165) is 21.2 Å². The van der Waals surface area contributed by atoms with E-state index in [4.69, 9.17) is 10.5 Å². The number of nitrogen functional groups attached to an aromatic ring is 1. The van der Waals surface area contributed by atoms with Gasteiger partial charge in [-0.3, -0.25) is 4.57 Å². The second-order valence-electron chi connectivity index (χ2n) is 4.77. The molecule has 1 atom stereocenters. The lowest BCUT2D eigenvalue weighted by molar-refractivity contribution is 0.399. The number of anilines is 1. The average Bonchev–Trinajstić information content (AvgIpc) is 2.81. The van der Waals surface area contributed by atoms with Crippen LogP contribution in [0.3, 0.4) is 0 Å². The van der Waals surface area contributed by atoms with Crippen molar-refractivity contribution < 1.29 is 4.74 Å². The van der Waals surface area contributed by atoms with E-state index in [-0.39, 0.29) is 6.04 Å². The maximum atomic E-state index is 6.08. The topological polar surface area (TPSA) is 66.0 Å². The van der Waals surface area contributed by atoms with E-state index in [9.17, 15) is 0 Å². The third-order valence-corrected chi connectivity index (χ3v) is 3.96. The van der Waals surface area contributed by atoms with Gasteiger partial charge >= 0.3 is 0 Å². The Bertz CT molecular complexity index is 799. The number of hydrogen-bond acceptors (Lipinski definition) is 4. The molecule has 0 radical (unpaired) electrons. The van der Waals surface area contributed by atoms with Crippen molar-refractivity contribution in [1.82, 2.24) is 14.5 Å². The monoisotopic (exact) mass is 346 g/mol. The van der Waals surface area contributed by atoms with E-state index in [0.29, 0.717) is 11.8 Å². The van der Waals surface area contributed by atoms with Gasteiger partial charge in [0.05, 0.1) is 13.2 Å². The molecule has 0 amide bonds. The molecule has 3 rings (SSSR count). The quantitative estimate of drug-likeness (QED) is 0.789. The summed E-state index contributed by atoms with van der Waals surface area (Å²) in [6.07, 6.45) is 0. The van der Waals surface area contributed by atoms with Gasteiger partial charge in [-0.1, -0.05) is 28.1 Å². The van der Waals surface area contributed by atoms with Crippen LogP contribution in [-0.2, 0) is 0 Å². The van der Waals surface area contributed by atoms with Gasteiger partial charge < -0.3 is 10.5 Å². The molecule has 108 valence electrons. The molecule has 2 heterocycles. The zero-order valence-electron chi connectivity index (χ0n) is 11.7. The summed E-state index contributed by atoms with van der Waals surface area (Å²) in [5, 5.41) is 0. The van der Waals surface area contributed by atoms with Gasteiger partial charge in [0.2, 0.25) is 11.8 Å². The van der Waals surface area contributed by atoms with E-state index in [1.54, 1.807) is 13.2 Å². The smallest absolute Gasteiger partial charge is 0.215 e. The fraction of sp³-hybridized carbons (Fsp3) is 0.200. The molecule has 6 heteroatoms. The van der Waals surface area contributed by atoms with Crippen molar-refractivity contribution in [1.29, 1.82) is 0 Å². The first-order chi connectivity index (χ1) is 10.1. The summed E-state index contributed by atoms with van der Waals surface area (Å²) in [6.45, 7) is 2.07. The normalized spacial score (nSPS) is 12.5. The van der Waals surface area contributed by atoms with Crippen LogP contribution in [0.25, 0.3) is 11.2 Å². The lowest BCUT2D eigenvalue weighted by Gasteiger charge is -2.16. The van der Waals surface area contributed by atoms with Crippen LogP contribution in [0.4, 0.5) is 5.95 Å². The van der Waals surface area contributed by atoms with Crippen LogP contribution in [-0.4, -0.2) is 21.6 Å². The van der Waals surface area contributed by atoms with E-state index in [1.165, 1.54) is 0 Å². The first-order valence-corrected chi connectivity index (χ1v) is 7.33. The molecule has 21 heavy (non-hydrogen) atoms. The predicted octanol–water partition coefficient (Wildman–Crippen LogP) is 3.39. The highest BCUT2D eigenvalue weighted by molar-refractivity contribution is 9.10. The summed E-state index contributed by atoms with van der Waals surface area (Å²) < 4.78 is 8.14. The first-order valence-electron chi connectivity index (χ1n) is 6.54. The Balaban J connectivity index is 2.16. The van der Waals surface area contributed by atoms with Crippen LogP contribution in [0, 0.1) is 0 Å². The largest absolute Gasteiger partial charge is 0.481 e. The van der Waals surface area contributed by atoms with Crippen molar-refractivity contribution in [3.05, 3.63) is 46.4 Å². The van der Waals surface area contributed by atoms with Crippen LogP contribution in [0.1, 0.15) is 18.5 Å². The Hall–Kier alpha value is -2.08. The standard InChI is InChI=1S/C15H15BrN4O/c1-9(10-4-3-5-11(16)8-10)20-14-12(18-15(20)17)6-7-13(19-14)21-2/h3-9H,1-2H3,(H2,17,18). The number of nitrogens with two attached hydrogens (primary N) is 1. The fourth-order valence-corrected chi connectivity index (χ4v) is 2.80. The minimum absolute atomic E-state index is 0.0205. The van der Waals surface area contributed by atoms with Crippen LogP contribution >= 0.6 is 15.9 Å². The molecular weight excluding hydrogens is 332 g/mol. The van der Waals surface area contributed by atoms with E-state index >= 15 is 0 Å². The Labute approximate surface area is 130 Å². The summed E-state index contributed by atoms with van der Waals surface area (Å²) >= 11 is 3.49. The molecule has 3 aromatic rings. The van der Waals surface area contributed by atoms with Crippen molar-refractivity contribution in [2.45, 2.75) is 13.0 Å². The summed E-state index contributed by atoms with van der Waals surface area (Å²) in [5.74, 6) is 0.989. The molecule has 0 aliphatic rings. The summed E-state index contributed by atoms with van der Waals surface area (Å²) in [5.41, 5.74) is 8.69. The Morgan fingerprint density at radius 1 is 1.24 bits per heavy atom. The van der Waals surface area contributed by atoms with Crippen molar-refractivity contribution >= 4 is 33.0 Å². The number of hydrogen-bond donors (Lipinski definition) is 1. The van der Waals surface area contributed by atoms with Crippen molar-refractivity contribution in [3.8, 4) is 5.88 Å². The number of aromatic nitrogens is 3. The highest BCUT2D eigenvalue weighted by Crippen LogP contribution is 2.28. The molecule has 2 N–H and O–H groups in total. The van der Waals surface area contributed by atoms with E-state index in [1.807, 2.05) is 22.8 Å². The van der Waals surface area contributed by atoms with Crippen LogP contribution in [0.15, 0.2) is 40.9 Å². The van der Waals surface area contributed by atoms with Crippen molar-refractivity contribution in [2.24, 2.45) is 0 Å². The lowest BCUT2D eigenvalue weighted by Crippen LogP contribution is -2.11. The third kappa shape index (κ3) is 2.47. The van der Waals surface area contributed by atoms with Crippen LogP contribution in [0.5, 0.6) is 5.88 Å². The second-order valence-corrected chi connectivity index (χ2v) is 5.68. The Kier molecular flexibility index (Phi) is 3.55. The predicted molar refractivity (Wildman–Crippen MR) is 86.4 cm³/mol. The molecule has 0 saturated carbocycles.